The maximum Gasteiger partial charge on any atom is 0.160 e. The molecule has 24 heavy (non-hydrogen) atoms. The van der Waals surface area contributed by atoms with Gasteiger partial charge in [-0.3, -0.25) is 4.18 Å². The first kappa shape index (κ1) is 16.0. The van der Waals surface area contributed by atoms with E-state index in [1.165, 1.54) is 22.3 Å². The SMILES string of the molecule is CC(C)(C)[S@](=O)OC[C@H]1CC2c3ccccc3C1c1ccccc12. The second-order valence-corrected chi connectivity index (χ2v) is 9.85. The van der Waals surface area contributed by atoms with E-state index in [0.717, 1.165) is 6.42 Å². The van der Waals surface area contributed by atoms with Crippen molar-refractivity contribution in [1.29, 1.82) is 0 Å². The minimum absolute atomic E-state index is 0.330. The van der Waals surface area contributed by atoms with Gasteiger partial charge in [0.1, 0.15) is 0 Å². The van der Waals surface area contributed by atoms with Gasteiger partial charge in [-0.05, 0) is 55.4 Å². The molecule has 0 aliphatic heterocycles. The van der Waals surface area contributed by atoms with E-state index in [0.29, 0.717) is 24.4 Å². The van der Waals surface area contributed by atoms with Crippen molar-refractivity contribution >= 4 is 11.1 Å². The predicted octanol–water partition coefficient (Wildman–Crippen LogP) is 4.76. The van der Waals surface area contributed by atoms with Crippen LogP contribution in [-0.4, -0.2) is 15.6 Å². The molecular formula is C21H24O2S. The molecule has 0 heterocycles. The van der Waals surface area contributed by atoms with Crippen molar-refractivity contribution in [2.75, 3.05) is 6.61 Å². The van der Waals surface area contributed by atoms with Gasteiger partial charge in [-0.15, -0.1) is 0 Å². The number of benzene rings is 2. The van der Waals surface area contributed by atoms with Crippen molar-refractivity contribution < 1.29 is 8.39 Å². The third-order valence-corrected chi connectivity index (χ3v) is 6.66. The van der Waals surface area contributed by atoms with Gasteiger partial charge >= 0.3 is 0 Å². The van der Waals surface area contributed by atoms with E-state index in [4.69, 9.17) is 4.18 Å². The summed E-state index contributed by atoms with van der Waals surface area (Å²) < 4.78 is 17.8. The lowest BCUT2D eigenvalue weighted by molar-refractivity contribution is 0.217. The quantitative estimate of drug-likeness (QED) is 0.805. The van der Waals surface area contributed by atoms with Crippen molar-refractivity contribution in [3.8, 4) is 0 Å². The molecule has 2 aromatic rings. The molecule has 3 heteroatoms. The van der Waals surface area contributed by atoms with Crippen LogP contribution in [0.5, 0.6) is 0 Å². The Hall–Kier alpha value is -1.45. The summed E-state index contributed by atoms with van der Waals surface area (Å²) in [6.45, 7) is 6.44. The summed E-state index contributed by atoms with van der Waals surface area (Å²) in [5.74, 6) is 1.20. The summed E-state index contributed by atoms with van der Waals surface area (Å²) in [4.78, 5) is 0. The van der Waals surface area contributed by atoms with Crippen molar-refractivity contribution in [1.82, 2.24) is 0 Å². The van der Waals surface area contributed by atoms with Crippen LogP contribution in [0.15, 0.2) is 48.5 Å². The maximum atomic E-state index is 12.3. The fourth-order valence-electron chi connectivity index (χ4n) is 4.25. The van der Waals surface area contributed by atoms with Crippen LogP contribution in [0.3, 0.4) is 0 Å². The normalized spacial score (nSPS) is 25.9. The highest BCUT2D eigenvalue weighted by Crippen LogP contribution is 2.55. The van der Waals surface area contributed by atoms with Crippen LogP contribution < -0.4 is 0 Å². The summed E-state index contributed by atoms with van der Waals surface area (Å²) >= 11 is -1.26. The topological polar surface area (TPSA) is 26.3 Å². The maximum absolute atomic E-state index is 12.3. The molecule has 0 fully saturated rings. The predicted molar refractivity (Wildman–Crippen MR) is 98.5 cm³/mol. The first-order valence-electron chi connectivity index (χ1n) is 8.69. The second kappa shape index (κ2) is 5.82. The van der Waals surface area contributed by atoms with E-state index in [9.17, 15) is 4.21 Å². The molecule has 0 aromatic heterocycles. The molecule has 0 unspecified atom stereocenters. The number of fused-ring (bicyclic) bond motifs is 1. The molecular weight excluding hydrogens is 316 g/mol. The third kappa shape index (κ3) is 2.55. The monoisotopic (exact) mass is 340 g/mol. The molecule has 3 aliphatic rings. The number of rotatable bonds is 3. The third-order valence-electron chi connectivity index (χ3n) is 5.31. The van der Waals surface area contributed by atoms with Gasteiger partial charge in [-0.25, -0.2) is 4.21 Å². The number of hydrogen-bond donors (Lipinski definition) is 0. The van der Waals surface area contributed by atoms with Crippen LogP contribution in [0.2, 0.25) is 0 Å². The minimum Gasteiger partial charge on any atom is -0.290 e. The molecule has 0 N–H and O–H groups in total. The second-order valence-electron chi connectivity index (χ2n) is 7.92. The Morgan fingerprint density at radius 1 is 0.958 bits per heavy atom. The number of hydrogen-bond acceptors (Lipinski definition) is 2. The molecule has 2 bridgehead atoms. The molecule has 0 saturated carbocycles. The summed E-state index contributed by atoms with van der Waals surface area (Å²) in [7, 11) is 0. The smallest absolute Gasteiger partial charge is 0.160 e. The zero-order valence-corrected chi connectivity index (χ0v) is 15.3. The largest absolute Gasteiger partial charge is 0.290 e. The molecule has 2 atom stereocenters. The summed E-state index contributed by atoms with van der Waals surface area (Å²) in [5.41, 5.74) is 5.80. The average molecular weight is 340 g/mol. The Morgan fingerprint density at radius 3 is 1.96 bits per heavy atom. The molecule has 0 radical (unpaired) electrons. The van der Waals surface area contributed by atoms with E-state index >= 15 is 0 Å². The highest BCUT2D eigenvalue weighted by Gasteiger charge is 2.43. The van der Waals surface area contributed by atoms with E-state index in [1.54, 1.807) is 0 Å². The van der Waals surface area contributed by atoms with Crippen LogP contribution in [-0.2, 0) is 15.3 Å². The summed E-state index contributed by atoms with van der Waals surface area (Å²) in [5, 5.41) is 0. The van der Waals surface area contributed by atoms with E-state index in [-0.39, 0.29) is 4.75 Å². The van der Waals surface area contributed by atoms with E-state index in [1.807, 2.05) is 20.8 Å². The average Bonchev–Trinajstić information content (AvgIpc) is 2.59. The molecule has 2 nitrogen and oxygen atoms in total. The van der Waals surface area contributed by atoms with Gasteiger partial charge in [-0.2, -0.15) is 0 Å². The van der Waals surface area contributed by atoms with E-state index in [2.05, 4.69) is 48.5 Å². The Balaban J connectivity index is 1.67. The molecule has 126 valence electrons. The van der Waals surface area contributed by atoms with Gasteiger partial charge in [0.15, 0.2) is 11.1 Å². The lowest BCUT2D eigenvalue weighted by Crippen LogP contribution is -2.35. The fraction of sp³-hybridized carbons (Fsp3) is 0.429. The van der Waals surface area contributed by atoms with Crippen LogP contribution in [0, 0.1) is 5.92 Å². The van der Waals surface area contributed by atoms with Crippen molar-refractivity contribution in [2.45, 2.75) is 43.8 Å². The zero-order chi connectivity index (χ0) is 16.9. The van der Waals surface area contributed by atoms with Gasteiger partial charge in [0.2, 0.25) is 0 Å². The summed E-state index contributed by atoms with van der Waals surface area (Å²) in [6, 6.07) is 17.6. The van der Waals surface area contributed by atoms with Crippen molar-refractivity contribution in [3.05, 3.63) is 70.8 Å². The van der Waals surface area contributed by atoms with Crippen LogP contribution >= 0.6 is 0 Å². The van der Waals surface area contributed by atoms with Gasteiger partial charge in [0.25, 0.3) is 0 Å². The van der Waals surface area contributed by atoms with Gasteiger partial charge in [0.05, 0.1) is 11.4 Å². The van der Waals surface area contributed by atoms with Gasteiger partial charge in [-0.1, -0.05) is 48.5 Å². The molecule has 0 amide bonds. The van der Waals surface area contributed by atoms with Crippen molar-refractivity contribution in [2.24, 2.45) is 5.92 Å². The zero-order valence-electron chi connectivity index (χ0n) is 14.5. The Bertz CT molecular complexity index is 743. The minimum atomic E-state index is -1.26. The van der Waals surface area contributed by atoms with Crippen LogP contribution in [0.1, 0.15) is 61.3 Å². The molecule has 0 saturated heterocycles. The highest BCUT2D eigenvalue weighted by atomic mass is 32.2. The Kier molecular flexibility index (Phi) is 3.89. The Morgan fingerprint density at radius 2 is 1.46 bits per heavy atom. The highest BCUT2D eigenvalue weighted by molar-refractivity contribution is 7.81. The van der Waals surface area contributed by atoms with E-state index < -0.39 is 11.1 Å². The van der Waals surface area contributed by atoms with Crippen LogP contribution in [0.4, 0.5) is 0 Å². The van der Waals surface area contributed by atoms with Gasteiger partial charge in [0, 0.05) is 11.8 Å². The van der Waals surface area contributed by atoms with Crippen molar-refractivity contribution in [3.63, 3.8) is 0 Å². The lowest BCUT2D eigenvalue weighted by Gasteiger charge is -2.45. The standard InChI is InChI=1S/C21H24O2S/c1-21(2,3)24(22)23-13-14-12-19-15-8-4-6-10-17(15)20(14)18-11-7-5-9-16(18)19/h4-11,14,19-20H,12-13H2,1-3H3/t14-,19?,20?,24-/m1/s1. The molecule has 2 aromatic carbocycles. The van der Waals surface area contributed by atoms with Gasteiger partial charge < -0.3 is 0 Å². The Labute approximate surface area is 146 Å². The molecule has 3 aliphatic carbocycles. The first-order valence-corrected chi connectivity index (χ1v) is 9.77. The molecule has 0 spiro atoms. The fourth-order valence-corrected chi connectivity index (χ4v) is 4.90. The lowest BCUT2D eigenvalue weighted by atomic mass is 9.59. The first-order chi connectivity index (χ1) is 11.5. The summed E-state index contributed by atoms with van der Waals surface area (Å²) in [6.07, 6.45) is 1.08. The van der Waals surface area contributed by atoms with Crippen LogP contribution in [0.25, 0.3) is 0 Å². The molecule has 5 rings (SSSR count).